The van der Waals surface area contributed by atoms with E-state index in [-0.39, 0.29) is 0 Å². The molecule has 5 aromatic rings. The van der Waals surface area contributed by atoms with Crippen LogP contribution in [0.5, 0.6) is 11.5 Å². The third kappa shape index (κ3) is 8.73. The number of morpholine rings is 1. The highest BCUT2D eigenvalue weighted by atomic mass is 32.1. The number of aryl methyl sites for hydroxylation is 1. The van der Waals surface area contributed by atoms with Gasteiger partial charge in [0.15, 0.2) is 5.11 Å². The number of benzene rings is 3. The van der Waals surface area contributed by atoms with E-state index in [1.54, 1.807) is 14.2 Å². The highest BCUT2D eigenvalue weighted by Crippen LogP contribution is 2.36. The van der Waals surface area contributed by atoms with E-state index in [2.05, 4.69) is 86.3 Å². The Labute approximate surface area is 340 Å². The molecule has 0 unspecified atom stereocenters. The van der Waals surface area contributed by atoms with Gasteiger partial charge in [0, 0.05) is 93.8 Å². The van der Waals surface area contributed by atoms with Crippen LogP contribution in [0.2, 0.25) is 0 Å². The lowest BCUT2D eigenvalue weighted by atomic mass is 10.1. The standard InChI is InChI=1S/C43H50N10O3S/c1-30-25-34(50-19-17-49(2)18-20-50)9-14-38(30)46-43(57)53-16-15-37-39(47-42(48-40(37)53)51-21-23-56-24-22-51)33-26-44-41(45-27-33)52(28-31-5-10-35(54-3)11-6-31)29-32-7-12-36(55-4)13-8-32/h5-14,25-27H,15-24,28-29H2,1-4H3,(H,46,57). The van der Waals surface area contributed by atoms with Gasteiger partial charge in [-0.25, -0.2) is 15.0 Å². The van der Waals surface area contributed by atoms with Gasteiger partial charge in [-0.05, 0) is 91.8 Å². The fourth-order valence-electron chi connectivity index (χ4n) is 7.52. The van der Waals surface area contributed by atoms with Crippen molar-refractivity contribution in [3.8, 4) is 22.8 Å². The van der Waals surface area contributed by atoms with Crippen LogP contribution in [0.4, 0.5) is 29.1 Å². The number of piperazine rings is 1. The van der Waals surface area contributed by atoms with Crippen LogP contribution in [0.1, 0.15) is 22.3 Å². The van der Waals surface area contributed by atoms with Gasteiger partial charge in [-0.2, -0.15) is 4.98 Å². The van der Waals surface area contributed by atoms with Crippen molar-refractivity contribution in [3.05, 3.63) is 101 Å². The molecule has 2 fully saturated rings. The molecule has 2 aromatic heterocycles. The van der Waals surface area contributed by atoms with E-state index in [0.29, 0.717) is 62.9 Å². The summed E-state index contributed by atoms with van der Waals surface area (Å²) in [6.45, 7) is 10.9. The zero-order valence-electron chi connectivity index (χ0n) is 33.1. The van der Waals surface area contributed by atoms with Crippen molar-refractivity contribution in [2.45, 2.75) is 26.4 Å². The number of thiocarbonyl (C=S) groups is 1. The average Bonchev–Trinajstić information content (AvgIpc) is 3.69. The predicted octanol–water partition coefficient (Wildman–Crippen LogP) is 5.81. The molecule has 0 amide bonds. The van der Waals surface area contributed by atoms with E-state index in [1.165, 1.54) is 5.69 Å². The van der Waals surface area contributed by atoms with Crippen LogP contribution < -0.4 is 34.4 Å². The first kappa shape index (κ1) is 38.3. The monoisotopic (exact) mass is 786 g/mol. The summed E-state index contributed by atoms with van der Waals surface area (Å²) in [4.78, 5) is 31.5. The van der Waals surface area contributed by atoms with Gasteiger partial charge in [-0.15, -0.1) is 0 Å². The zero-order valence-corrected chi connectivity index (χ0v) is 34.0. The summed E-state index contributed by atoms with van der Waals surface area (Å²) in [6.07, 6.45) is 4.50. The number of rotatable bonds is 11. The number of hydrogen-bond donors (Lipinski definition) is 1. The number of nitrogens with zero attached hydrogens (tertiary/aromatic N) is 9. The first-order valence-corrected chi connectivity index (χ1v) is 20.0. The summed E-state index contributed by atoms with van der Waals surface area (Å²) in [5.41, 5.74) is 8.30. The highest BCUT2D eigenvalue weighted by Gasteiger charge is 2.31. The van der Waals surface area contributed by atoms with Gasteiger partial charge >= 0.3 is 0 Å². The lowest BCUT2D eigenvalue weighted by Crippen LogP contribution is -2.44. The maximum atomic E-state index is 6.10. The van der Waals surface area contributed by atoms with Crippen molar-refractivity contribution in [2.75, 3.05) is 105 Å². The number of methoxy groups -OCH3 is 2. The van der Waals surface area contributed by atoms with Crippen molar-refractivity contribution >= 4 is 46.4 Å². The first-order chi connectivity index (χ1) is 27.8. The van der Waals surface area contributed by atoms with Gasteiger partial charge in [0.2, 0.25) is 11.9 Å². The Balaban J connectivity index is 1.07. The predicted molar refractivity (Wildman–Crippen MR) is 230 cm³/mol. The zero-order chi connectivity index (χ0) is 39.3. The second-order valence-corrected chi connectivity index (χ2v) is 15.1. The van der Waals surface area contributed by atoms with Crippen LogP contribution in [0.3, 0.4) is 0 Å². The van der Waals surface area contributed by atoms with E-state index in [1.807, 2.05) is 36.7 Å². The van der Waals surface area contributed by atoms with Gasteiger partial charge < -0.3 is 44.0 Å². The topological polar surface area (TPSA) is 107 Å². The molecule has 2 saturated heterocycles. The molecule has 0 bridgehead atoms. The molecule has 14 heteroatoms. The largest absolute Gasteiger partial charge is 0.497 e. The van der Waals surface area contributed by atoms with Crippen molar-refractivity contribution in [1.29, 1.82) is 0 Å². The molecule has 0 atom stereocenters. The Kier molecular flexibility index (Phi) is 11.6. The normalized spacial score (nSPS) is 15.7. The van der Waals surface area contributed by atoms with Crippen LogP contribution >= 0.6 is 12.2 Å². The fourth-order valence-corrected chi connectivity index (χ4v) is 7.81. The molecule has 5 heterocycles. The molecule has 0 saturated carbocycles. The fraction of sp³-hybridized carbons (Fsp3) is 0.372. The molecule has 3 aliphatic heterocycles. The molecule has 0 spiro atoms. The summed E-state index contributed by atoms with van der Waals surface area (Å²) in [7, 11) is 5.53. The minimum atomic E-state index is 0.608. The van der Waals surface area contributed by atoms with Crippen LogP contribution in [0, 0.1) is 6.92 Å². The van der Waals surface area contributed by atoms with Crippen molar-refractivity contribution in [2.24, 2.45) is 0 Å². The number of hydrogen-bond acceptors (Lipinski definition) is 12. The van der Waals surface area contributed by atoms with E-state index < -0.39 is 0 Å². The minimum absolute atomic E-state index is 0.608. The van der Waals surface area contributed by atoms with Gasteiger partial charge in [0.25, 0.3) is 0 Å². The molecular formula is C43H50N10O3S. The second kappa shape index (κ2) is 17.3. The second-order valence-electron chi connectivity index (χ2n) is 14.7. The maximum absolute atomic E-state index is 6.10. The lowest BCUT2D eigenvalue weighted by Gasteiger charge is -2.34. The Bertz CT molecular complexity index is 2110. The van der Waals surface area contributed by atoms with Crippen molar-refractivity contribution < 1.29 is 14.2 Å². The summed E-state index contributed by atoms with van der Waals surface area (Å²) in [6, 6.07) is 22.8. The van der Waals surface area contributed by atoms with E-state index in [9.17, 15) is 0 Å². The van der Waals surface area contributed by atoms with Crippen LogP contribution in [0.15, 0.2) is 79.1 Å². The quantitative estimate of drug-likeness (QED) is 0.163. The molecular weight excluding hydrogens is 737 g/mol. The summed E-state index contributed by atoms with van der Waals surface area (Å²) in [5, 5.41) is 4.17. The highest BCUT2D eigenvalue weighted by molar-refractivity contribution is 7.80. The van der Waals surface area contributed by atoms with Gasteiger partial charge in [-0.3, -0.25) is 0 Å². The summed E-state index contributed by atoms with van der Waals surface area (Å²) in [5.74, 6) is 3.71. The number of nitrogens with one attached hydrogen (secondary N) is 1. The van der Waals surface area contributed by atoms with Gasteiger partial charge in [0.05, 0.1) is 33.1 Å². The summed E-state index contributed by atoms with van der Waals surface area (Å²) < 4.78 is 16.5. The number of aromatic nitrogens is 4. The molecule has 0 radical (unpaired) electrons. The molecule has 3 aromatic carbocycles. The van der Waals surface area contributed by atoms with Crippen molar-refractivity contribution in [1.82, 2.24) is 24.8 Å². The average molecular weight is 787 g/mol. The maximum Gasteiger partial charge on any atom is 0.228 e. The first-order valence-electron chi connectivity index (χ1n) is 19.5. The van der Waals surface area contributed by atoms with E-state index >= 15 is 0 Å². The molecule has 0 aliphatic carbocycles. The van der Waals surface area contributed by atoms with Crippen LogP contribution in [0.25, 0.3) is 11.3 Å². The Morgan fingerprint density at radius 3 is 2.02 bits per heavy atom. The van der Waals surface area contributed by atoms with Crippen LogP contribution in [-0.4, -0.2) is 110 Å². The minimum Gasteiger partial charge on any atom is -0.497 e. The third-order valence-corrected chi connectivity index (χ3v) is 11.3. The lowest BCUT2D eigenvalue weighted by molar-refractivity contribution is 0.122. The Hall–Kier alpha value is -5.57. The van der Waals surface area contributed by atoms with Gasteiger partial charge in [-0.1, -0.05) is 24.3 Å². The van der Waals surface area contributed by atoms with Crippen molar-refractivity contribution in [3.63, 3.8) is 0 Å². The Morgan fingerprint density at radius 2 is 1.42 bits per heavy atom. The molecule has 1 N–H and O–H groups in total. The number of fused-ring (bicyclic) bond motifs is 1. The Morgan fingerprint density at radius 1 is 0.789 bits per heavy atom. The number of ether oxygens (including phenoxy) is 3. The number of likely N-dealkylation sites (N-methyl/N-ethyl adjacent to an activating group) is 1. The summed E-state index contributed by atoms with van der Waals surface area (Å²) >= 11 is 6.10. The van der Waals surface area contributed by atoms with Crippen LogP contribution in [-0.2, 0) is 24.2 Å². The SMILES string of the molecule is COc1ccc(CN(Cc2ccc(OC)cc2)c2ncc(-c3nc(N4CCOCC4)nc4c3CCN4C(=S)Nc3ccc(N4CCN(C)CC4)cc3C)cn2)cc1. The molecule has 8 rings (SSSR count). The number of anilines is 5. The molecule has 57 heavy (non-hydrogen) atoms. The van der Waals surface area contributed by atoms with E-state index in [0.717, 1.165) is 89.1 Å². The van der Waals surface area contributed by atoms with Gasteiger partial charge in [0.1, 0.15) is 17.3 Å². The van der Waals surface area contributed by atoms with E-state index in [4.69, 9.17) is 46.4 Å². The molecule has 3 aliphatic rings. The smallest absolute Gasteiger partial charge is 0.228 e. The third-order valence-electron chi connectivity index (χ3n) is 10.9. The molecule has 296 valence electrons. The molecule has 13 nitrogen and oxygen atoms in total.